The van der Waals surface area contributed by atoms with Crippen molar-refractivity contribution in [2.75, 3.05) is 18.0 Å². The molecule has 194 valence electrons. The van der Waals surface area contributed by atoms with Gasteiger partial charge in [-0.25, -0.2) is 15.2 Å². The number of alkyl halides is 1. The van der Waals surface area contributed by atoms with Crippen molar-refractivity contribution in [3.05, 3.63) is 59.9 Å². The third-order valence-electron chi connectivity index (χ3n) is 7.32. The molecular weight excluding hydrogens is 453 g/mol. The number of nitrogens with two attached hydrogens (primary N) is 1. The molecular formula is C29H40FN5O. The van der Waals surface area contributed by atoms with E-state index in [0.717, 1.165) is 48.9 Å². The number of nitrogens with zero attached hydrogens (tertiary/aromatic N) is 3. The zero-order chi connectivity index (χ0) is 25.9. The maximum atomic E-state index is 14.4. The van der Waals surface area contributed by atoms with Gasteiger partial charge in [-0.05, 0) is 80.7 Å². The number of aromatic nitrogens is 2. The van der Waals surface area contributed by atoms with E-state index >= 15 is 0 Å². The summed E-state index contributed by atoms with van der Waals surface area (Å²) in [6.45, 7) is 10.7. The Hall–Kier alpha value is -2.93. The highest BCUT2D eigenvalue weighted by Gasteiger charge is 2.27. The quantitative estimate of drug-likeness (QED) is 0.262. The van der Waals surface area contributed by atoms with Crippen LogP contribution in [0.3, 0.4) is 0 Å². The van der Waals surface area contributed by atoms with Crippen molar-refractivity contribution >= 4 is 22.6 Å². The van der Waals surface area contributed by atoms with E-state index in [4.69, 9.17) is 10.8 Å². The number of pyridine rings is 1. The summed E-state index contributed by atoms with van der Waals surface area (Å²) in [7, 11) is 0. The van der Waals surface area contributed by atoms with Gasteiger partial charge in [0, 0.05) is 48.7 Å². The van der Waals surface area contributed by atoms with Crippen molar-refractivity contribution in [1.29, 1.82) is 0 Å². The van der Waals surface area contributed by atoms with Gasteiger partial charge in [0.25, 0.3) is 5.91 Å². The molecule has 3 atom stereocenters. The first-order valence-corrected chi connectivity index (χ1v) is 13.1. The number of benzene rings is 1. The van der Waals surface area contributed by atoms with Gasteiger partial charge >= 0.3 is 0 Å². The fourth-order valence-corrected chi connectivity index (χ4v) is 5.79. The Bertz CT molecular complexity index is 1170. The number of amides is 1. The molecule has 3 heterocycles. The van der Waals surface area contributed by atoms with E-state index in [1.54, 1.807) is 26.0 Å². The van der Waals surface area contributed by atoms with Crippen LogP contribution in [-0.2, 0) is 6.54 Å². The Labute approximate surface area is 214 Å². The maximum absolute atomic E-state index is 14.4. The van der Waals surface area contributed by atoms with E-state index in [9.17, 15) is 9.18 Å². The van der Waals surface area contributed by atoms with E-state index in [1.807, 2.05) is 18.3 Å². The third kappa shape index (κ3) is 6.44. The van der Waals surface area contributed by atoms with Crippen molar-refractivity contribution in [3.63, 3.8) is 0 Å². The van der Waals surface area contributed by atoms with Gasteiger partial charge < -0.3 is 9.47 Å². The van der Waals surface area contributed by atoms with Gasteiger partial charge in [0.05, 0.1) is 0 Å². The molecule has 3 N–H and O–H groups in total. The molecule has 0 radical (unpaired) electrons. The molecule has 36 heavy (non-hydrogen) atoms. The van der Waals surface area contributed by atoms with Crippen LogP contribution in [0.5, 0.6) is 0 Å². The molecule has 0 aliphatic carbocycles. The van der Waals surface area contributed by atoms with Crippen molar-refractivity contribution in [2.24, 2.45) is 23.6 Å². The lowest BCUT2D eigenvalue weighted by atomic mass is 9.83. The van der Waals surface area contributed by atoms with Gasteiger partial charge in [0.15, 0.2) is 0 Å². The highest BCUT2D eigenvalue weighted by Crippen LogP contribution is 2.34. The smallest absolute Gasteiger partial charge is 0.265 e. The van der Waals surface area contributed by atoms with Crippen LogP contribution in [0.4, 0.5) is 10.1 Å². The molecule has 1 amide bonds. The van der Waals surface area contributed by atoms with Gasteiger partial charge in [-0.2, -0.15) is 0 Å². The number of nitrogens with one attached hydrogen (secondary N) is 1. The number of rotatable bonds is 6. The van der Waals surface area contributed by atoms with Crippen LogP contribution >= 0.6 is 0 Å². The highest BCUT2D eigenvalue weighted by atomic mass is 19.1. The predicted octanol–water partition coefficient (Wildman–Crippen LogP) is 5.71. The third-order valence-corrected chi connectivity index (χ3v) is 7.32. The largest absolute Gasteiger partial charge is 0.370 e. The molecule has 1 aromatic carbocycles. The van der Waals surface area contributed by atoms with Crippen LogP contribution in [0.1, 0.15) is 69.3 Å². The standard InChI is InChI=1S/C29H40FN5O/c1-20-5-6-23(16-29(3,4)30)15-21(2)18-35(17-20)26-11-13-32-27-25(26)12-14-34(27)19-22-7-9-24(10-8-22)28(36)33-31/h7-14,20-21,23H,5-6,15-19,31H2,1-4H3,(H,33,36). The Morgan fingerprint density at radius 3 is 2.53 bits per heavy atom. The summed E-state index contributed by atoms with van der Waals surface area (Å²) in [4.78, 5) is 19.0. The minimum atomic E-state index is -1.11. The highest BCUT2D eigenvalue weighted by molar-refractivity contribution is 5.93. The minimum absolute atomic E-state index is 0.300. The summed E-state index contributed by atoms with van der Waals surface area (Å²) in [5.74, 6) is 6.39. The summed E-state index contributed by atoms with van der Waals surface area (Å²) in [5.41, 5.74) is 4.84. The number of halogens is 1. The van der Waals surface area contributed by atoms with Crippen molar-refractivity contribution < 1.29 is 9.18 Å². The van der Waals surface area contributed by atoms with Crippen LogP contribution in [0.25, 0.3) is 11.0 Å². The number of carbonyl (C=O) groups excluding carboxylic acids is 1. The van der Waals surface area contributed by atoms with E-state index in [-0.39, 0.29) is 5.91 Å². The minimum Gasteiger partial charge on any atom is -0.370 e. The van der Waals surface area contributed by atoms with Gasteiger partial charge in [-0.1, -0.05) is 32.4 Å². The average Bonchev–Trinajstić information content (AvgIpc) is 3.25. The molecule has 3 unspecified atom stereocenters. The Morgan fingerprint density at radius 2 is 1.83 bits per heavy atom. The van der Waals surface area contributed by atoms with Gasteiger partial charge in [-0.3, -0.25) is 10.2 Å². The number of hydrazine groups is 1. The first-order chi connectivity index (χ1) is 17.1. The maximum Gasteiger partial charge on any atom is 0.265 e. The molecule has 0 bridgehead atoms. The second kappa shape index (κ2) is 11.0. The Balaban J connectivity index is 1.56. The molecule has 1 saturated heterocycles. The molecule has 7 heteroatoms. The first kappa shape index (κ1) is 26.1. The molecule has 6 nitrogen and oxygen atoms in total. The lowest BCUT2D eigenvalue weighted by Crippen LogP contribution is -2.32. The molecule has 4 rings (SSSR count). The first-order valence-electron chi connectivity index (χ1n) is 13.1. The van der Waals surface area contributed by atoms with Crippen LogP contribution in [0.2, 0.25) is 0 Å². The van der Waals surface area contributed by atoms with E-state index in [1.165, 1.54) is 5.69 Å². The summed E-state index contributed by atoms with van der Waals surface area (Å²) < 4.78 is 16.6. The number of fused-ring (bicyclic) bond motifs is 1. The molecule has 1 fully saturated rings. The number of nitrogen functional groups attached to an aromatic ring is 1. The molecule has 0 spiro atoms. The molecule has 2 aromatic heterocycles. The topological polar surface area (TPSA) is 76.2 Å². The Morgan fingerprint density at radius 1 is 1.11 bits per heavy atom. The molecule has 1 aliphatic rings. The van der Waals surface area contributed by atoms with E-state index in [0.29, 0.717) is 36.3 Å². The van der Waals surface area contributed by atoms with Crippen LogP contribution in [0.15, 0.2) is 48.8 Å². The van der Waals surface area contributed by atoms with E-state index in [2.05, 4.69) is 47.1 Å². The summed E-state index contributed by atoms with van der Waals surface area (Å²) in [6, 6.07) is 11.7. The SMILES string of the molecule is CC1CCC(CC(C)(C)F)CC(C)CN(c2ccnc3c2ccn3Cc2ccc(C(=O)NN)cc2)C1. The van der Waals surface area contributed by atoms with Crippen molar-refractivity contribution in [2.45, 2.75) is 65.6 Å². The molecule has 1 aliphatic heterocycles. The second-order valence-corrected chi connectivity index (χ2v) is 11.4. The van der Waals surface area contributed by atoms with Gasteiger partial charge in [-0.15, -0.1) is 0 Å². The van der Waals surface area contributed by atoms with Crippen LogP contribution in [0, 0.1) is 17.8 Å². The van der Waals surface area contributed by atoms with Crippen LogP contribution < -0.4 is 16.2 Å². The number of anilines is 1. The summed E-state index contributed by atoms with van der Waals surface area (Å²) in [6.07, 6.45) is 7.91. The zero-order valence-electron chi connectivity index (χ0n) is 22.0. The number of hydrogen-bond acceptors (Lipinski definition) is 4. The monoisotopic (exact) mass is 493 g/mol. The summed E-state index contributed by atoms with van der Waals surface area (Å²) >= 11 is 0. The molecule has 3 aromatic rings. The van der Waals surface area contributed by atoms with Crippen LogP contribution in [-0.4, -0.2) is 34.2 Å². The lowest BCUT2D eigenvalue weighted by Gasteiger charge is -2.30. The van der Waals surface area contributed by atoms with Crippen molar-refractivity contribution in [1.82, 2.24) is 15.0 Å². The fourth-order valence-electron chi connectivity index (χ4n) is 5.79. The number of carbonyl (C=O) groups is 1. The zero-order valence-corrected chi connectivity index (χ0v) is 22.0. The Kier molecular flexibility index (Phi) is 7.98. The molecule has 0 saturated carbocycles. The van der Waals surface area contributed by atoms with Gasteiger partial charge in [0.2, 0.25) is 0 Å². The second-order valence-electron chi connectivity index (χ2n) is 11.4. The summed E-state index contributed by atoms with van der Waals surface area (Å²) in [5, 5.41) is 1.15. The lowest BCUT2D eigenvalue weighted by molar-refractivity contribution is 0.0953. The normalized spacial score (nSPS) is 21.6. The van der Waals surface area contributed by atoms with E-state index < -0.39 is 5.67 Å². The average molecular weight is 494 g/mol. The van der Waals surface area contributed by atoms with Crippen molar-refractivity contribution in [3.8, 4) is 0 Å². The van der Waals surface area contributed by atoms with Gasteiger partial charge in [0.1, 0.15) is 11.3 Å². The predicted molar refractivity (Wildman–Crippen MR) is 145 cm³/mol. The fraction of sp³-hybridized carbons (Fsp3) is 0.517. The number of hydrogen-bond donors (Lipinski definition) is 2.